The van der Waals surface area contributed by atoms with E-state index in [0.29, 0.717) is 9.16 Å². The van der Waals surface area contributed by atoms with Gasteiger partial charge in [-0.15, -0.1) is 11.8 Å². The second kappa shape index (κ2) is 7.80. The molecule has 1 N–H and O–H groups in total. The number of aromatic nitrogens is 2. The van der Waals surface area contributed by atoms with Crippen LogP contribution in [0.1, 0.15) is 35.6 Å². The van der Waals surface area contributed by atoms with Crippen LogP contribution >= 0.6 is 11.8 Å². The zero-order chi connectivity index (χ0) is 22.1. The number of carbonyl (C=O) groups is 3. The van der Waals surface area contributed by atoms with Crippen molar-refractivity contribution in [1.82, 2.24) is 14.9 Å². The number of carbonyl (C=O) groups excluding carboxylic acids is 3. The first-order valence-corrected chi connectivity index (χ1v) is 10.1. The van der Waals surface area contributed by atoms with Gasteiger partial charge in [0.1, 0.15) is 16.9 Å². The normalized spacial score (nSPS) is 23.7. The molecule has 158 valence electrons. The largest absolute Gasteiger partial charge is 1.00 e. The van der Waals surface area contributed by atoms with Crippen molar-refractivity contribution in [2.24, 2.45) is 0 Å². The molecule has 2 aliphatic heterocycles. The van der Waals surface area contributed by atoms with Crippen molar-refractivity contribution >= 4 is 40.6 Å². The van der Waals surface area contributed by atoms with Gasteiger partial charge in [0.15, 0.2) is 0 Å². The molecule has 2 amide bonds. The number of hydrogen-bond donors (Lipinski definition) is 1. The van der Waals surface area contributed by atoms with Crippen molar-refractivity contribution in [3.8, 4) is 0 Å². The van der Waals surface area contributed by atoms with Gasteiger partial charge in [0.25, 0.3) is 17.1 Å². The Bertz CT molecular complexity index is 1200. The molecule has 0 bridgehead atoms. The number of fused-ring (bicyclic) bond motifs is 2. The average molecular weight is 454 g/mol. The van der Waals surface area contributed by atoms with Crippen molar-refractivity contribution in [3.63, 3.8) is 0 Å². The second-order valence-corrected chi connectivity index (χ2v) is 9.76. The summed E-state index contributed by atoms with van der Waals surface area (Å²) in [6.45, 7) is 6.46. The first-order chi connectivity index (χ1) is 14.0. The second-order valence-electron chi connectivity index (χ2n) is 7.99. The van der Waals surface area contributed by atoms with Crippen molar-refractivity contribution < 1.29 is 53.5 Å². The van der Waals surface area contributed by atoms with E-state index in [1.54, 1.807) is 13.8 Å². The number of nitrogens with zero attached hydrogens (tertiary/aromatic N) is 3. The number of rotatable bonds is 3. The molecule has 2 aliphatic rings. The van der Waals surface area contributed by atoms with Crippen LogP contribution in [-0.2, 0) is 9.59 Å². The van der Waals surface area contributed by atoms with Crippen LogP contribution in [0.3, 0.4) is 0 Å². The average Bonchev–Trinajstić information content (AvgIpc) is 2.96. The molecule has 31 heavy (non-hydrogen) atoms. The molecular weight excluding hydrogens is 435 g/mol. The van der Waals surface area contributed by atoms with Gasteiger partial charge in [-0.1, -0.05) is 0 Å². The quantitative estimate of drug-likeness (QED) is 0.287. The fourth-order valence-electron chi connectivity index (χ4n) is 4.01. The van der Waals surface area contributed by atoms with Crippen molar-refractivity contribution in [2.45, 2.75) is 49.9 Å². The van der Waals surface area contributed by atoms with Crippen LogP contribution in [0.5, 0.6) is 0 Å². The van der Waals surface area contributed by atoms with E-state index < -0.39 is 40.0 Å². The van der Waals surface area contributed by atoms with Gasteiger partial charge >= 0.3 is 29.6 Å². The third-order valence-corrected chi connectivity index (χ3v) is 7.33. The van der Waals surface area contributed by atoms with E-state index in [9.17, 15) is 29.6 Å². The van der Waals surface area contributed by atoms with Gasteiger partial charge in [-0.2, -0.15) is 0 Å². The number of hydrogen-bond acceptors (Lipinski definition) is 7. The Kier molecular flexibility index (Phi) is 5.94. The van der Waals surface area contributed by atoms with E-state index in [0.717, 1.165) is 0 Å². The molecule has 0 saturated carbocycles. The minimum Gasteiger partial charge on any atom is -0.805 e. The summed E-state index contributed by atoms with van der Waals surface area (Å²) in [4.78, 5) is 50.2. The van der Waals surface area contributed by atoms with Crippen LogP contribution in [0.15, 0.2) is 18.2 Å². The predicted molar refractivity (Wildman–Crippen MR) is 106 cm³/mol. The summed E-state index contributed by atoms with van der Waals surface area (Å²) in [5, 5.41) is 26.0. The van der Waals surface area contributed by atoms with E-state index in [-0.39, 0.29) is 57.5 Å². The Morgan fingerprint density at radius 3 is 2.52 bits per heavy atom. The number of nitrogens with one attached hydrogen (secondary N) is 1. The molecule has 2 aromatic rings. The van der Waals surface area contributed by atoms with E-state index >= 15 is 0 Å². The minimum absolute atomic E-state index is 0. The van der Waals surface area contributed by atoms with Gasteiger partial charge in [-0.05, 0) is 32.9 Å². The van der Waals surface area contributed by atoms with Crippen LogP contribution in [-0.4, -0.2) is 49.6 Å². The molecule has 1 aromatic carbocycles. The Balaban J connectivity index is 0.00000272. The molecular formula is C19H19N4NaO6S. The first-order valence-electron chi connectivity index (χ1n) is 9.23. The summed E-state index contributed by atoms with van der Waals surface area (Å²) in [5.74, 6) is -2.43. The van der Waals surface area contributed by atoms with Gasteiger partial charge in [-0.25, -0.2) is 0 Å². The number of thioether (sulfide) groups is 1. The standard InChI is InChI=1S/C19H20N4O6S.Na/c1-8-9(2)23(29)12-7-10(5-6-11(12)22(8)28)15(24)20-13-16(25)21-14(18(26)27)19(3,4)30-17(13)21;/h5-7,13-14,17H,1-4H3,(H,20,24)(H,26,27);/q;+1/p-1/t13-,14+,17-;/m1./s1. The molecule has 0 unspecified atom stereocenters. The number of carboxylic acid groups (broad SMARTS) is 1. The summed E-state index contributed by atoms with van der Waals surface area (Å²) >= 11 is 1.28. The van der Waals surface area contributed by atoms with Crippen molar-refractivity contribution in [2.75, 3.05) is 0 Å². The SMILES string of the molecule is Cc1c(C)[n+](=O)c2ccc(C(=O)N[C@@H]3C(=O)N4[C@@H]3SC(C)(C)[C@@H]4C(=O)[O-])cc2n1[O-].[Na+]. The third kappa shape index (κ3) is 3.43. The minimum atomic E-state index is -1.33. The first kappa shape index (κ1) is 23.6. The number of benzene rings is 1. The van der Waals surface area contributed by atoms with Gasteiger partial charge < -0.3 is 30.1 Å². The fraction of sp³-hybridized carbons (Fsp3) is 0.421. The van der Waals surface area contributed by atoms with Crippen molar-refractivity contribution in [3.05, 3.63) is 45.3 Å². The number of amides is 2. The summed E-state index contributed by atoms with van der Waals surface area (Å²) in [6.07, 6.45) is 0. The molecule has 3 heterocycles. The number of β-lactam (4-membered cyclic amide) rings is 1. The van der Waals surface area contributed by atoms with Crippen LogP contribution in [0.2, 0.25) is 0 Å². The summed E-state index contributed by atoms with van der Waals surface area (Å²) in [7, 11) is 0. The maximum absolute atomic E-state index is 12.7. The smallest absolute Gasteiger partial charge is 0.805 e. The van der Waals surface area contributed by atoms with E-state index in [1.807, 2.05) is 0 Å². The molecule has 12 heteroatoms. The fourth-order valence-corrected chi connectivity index (χ4v) is 5.63. The van der Waals surface area contributed by atoms with Gasteiger partial charge in [0, 0.05) is 28.2 Å². The Hall–Kier alpha value is -2.08. The molecule has 2 fully saturated rings. The van der Waals surface area contributed by atoms with Crippen molar-refractivity contribution in [1.29, 1.82) is 0 Å². The molecule has 2 saturated heterocycles. The van der Waals surface area contributed by atoms with Crippen LogP contribution < -0.4 is 44.4 Å². The molecule has 0 spiro atoms. The van der Waals surface area contributed by atoms with Crippen LogP contribution in [0, 0.1) is 24.0 Å². The maximum Gasteiger partial charge on any atom is 1.00 e. The zero-order valence-corrected chi connectivity index (χ0v) is 20.5. The Morgan fingerprint density at radius 1 is 1.26 bits per heavy atom. The number of aliphatic carboxylic acids is 1. The molecule has 0 radical (unpaired) electrons. The molecule has 4 rings (SSSR count). The Morgan fingerprint density at radius 2 is 1.90 bits per heavy atom. The third-order valence-electron chi connectivity index (χ3n) is 5.76. The van der Waals surface area contributed by atoms with Gasteiger partial charge in [0.05, 0.1) is 22.1 Å². The van der Waals surface area contributed by atoms with E-state index in [2.05, 4.69) is 5.32 Å². The van der Waals surface area contributed by atoms with Gasteiger partial charge in [0.2, 0.25) is 5.91 Å². The van der Waals surface area contributed by atoms with Gasteiger partial charge in [-0.3, -0.25) is 9.59 Å². The summed E-state index contributed by atoms with van der Waals surface area (Å²) in [5.41, 5.74) is 0.757. The van der Waals surface area contributed by atoms with Crippen LogP contribution in [0.25, 0.3) is 11.0 Å². The van der Waals surface area contributed by atoms with E-state index in [4.69, 9.17) is 0 Å². The summed E-state index contributed by atoms with van der Waals surface area (Å²) in [6, 6.07) is 2.12. The van der Waals surface area contributed by atoms with Crippen LogP contribution in [0.4, 0.5) is 0 Å². The molecule has 10 nitrogen and oxygen atoms in total. The number of carboxylic acids is 1. The van der Waals surface area contributed by atoms with E-state index in [1.165, 1.54) is 48.7 Å². The molecule has 3 atom stereocenters. The molecule has 1 aromatic heterocycles. The topological polar surface area (TPSA) is 141 Å². The maximum atomic E-state index is 12.7. The Labute approximate surface area is 203 Å². The zero-order valence-electron chi connectivity index (χ0n) is 17.7. The summed E-state index contributed by atoms with van der Waals surface area (Å²) < 4.78 is 0.462. The predicted octanol–water partition coefficient (Wildman–Crippen LogP) is -3.57. The monoisotopic (exact) mass is 454 g/mol. The molecule has 0 aliphatic carbocycles.